The fourth-order valence-corrected chi connectivity index (χ4v) is 3.55. The highest BCUT2D eigenvalue weighted by atomic mass is 14.7. The van der Waals surface area contributed by atoms with Crippen LogP contribution in [0.2, 0.25) is 0 Å². The van der Waals surface area contributed by atoms with Gasteiger partial charge in [0.1, 0.15) is 0 Å². The van der Waals surface area contributed by atoms with Gasteiger partial charge in [-0.15, -0.1) is 0 Å². The van der Waals surface area contributed by atoms with E-state index in [0.717, 1.165) is 0 Å². The Kier molecular flexibility index (Phi) is 2.68. The van der Waals surface area contributed by atoms with Crippen LogP contribution in [0.5, 0.6) is 0 Å². The first-order valence-electron chi connectivity index (χ1n) is 6.55. The lowest BCUT2D eigenvalue weighted by atomic mass is 9.76. The zero-order chi connectivity index (χ0) is 11.0. The molecule has 2 heteroatoms. The minimum Gasteiger partial charge on any atom is -0.327 e. The molecule has 1 saturated carbocycles. The third kappa shape index (κ3) is 1.65. The van der Waals surface area contributed by atoms with Crippen LogP contribution < -0.4 is 5.73 Å². The molecule has 0 radical (unpaired) electrons. The van der Waals surface area contributed by atoms with Crippen LogP contribution in [-0.4, -0.2) is 11.0 Å². The zero-order valence-corrected chi connectivity index (χ0v) is 9.73. The molecule has 0 aliphatic heterocycles. The lowest BCUT2D eigenvalue weighted by molar-refractivity contribution is 0.259. The minimum absolute atomic E-state index is 0.409. The molecule has 2 aliphatic rings. The fraction of sp³-hybridized carbons (Fsp3) is 0.643. The largest absolute Gasteiger partial charge is 0.327 e. The Morgan fingerprint density at radius 1 is 1.19 bits per heavy atom. The summed E-state index contributed by atoms with van der Waals surface area (Å²) in [6.45, 7) is 0. The van der Waals surface area contributed by atoms with Crippen molar-refractivity contribution in [2.45, 2.75) is 50.5 Å². The maximum atomic E-state index is 6.29. The molecule has 16 heavy (non-hydrogen) atoms. The number of nitrogens with zero attached hydrogens (tertiary/aromatic N) is 1. The first-order valence-corrected chi connectivity index (χ1v) is 6.55. The minimum atomic E-state index is 0.409. The molecule has 3 rings (SSSR count). The molecule has 1 heterocycles. The summed E-state index contributed by atoms with van der Waals surface area (Å²) < 4.78 is 0. The Labute approximate surface area is 97.3 Å². The molecule has 3 atom stereocenters. The molecule has 0 aromatic carbocycles. The predicted molar refractivity (Wildman–Crippen MR) is 65.2 cm³/mol. The zero-order valence-electron chi connectivity index (χ0n) is 9.73. The van der Waals surface area contributed by atoms with E-state index >= 15 is 0 Å². The standard InChI is InChI=1S/C14H20N2/c15-13-6-2-1-5-11(13)12-8-7-10-4-3-9-16-14(10)12/h3-4,9,11-13H,1-2,5-8,15H2. The van der Waals surface area contributed by atoms with Crippen LogP contribution in [0.1, 0.15) is 49.3 Å². The summed E-state index contributed by atoms with van der Waals surface area (Å²) in [4.78, 5) is 4.59. The second kappa shape index (κ2) is 4.17. The highest BCUT2D eigenvalue weighted by Gasteiger charge is 2.35. The number of hydrogen-bond acceptors (Lipinski definition) is 2. The normalized spacial score (nSPS) is 33.7. The molecule has 1 aromatic rings. The second-order valence-corrected chi connectivity index (χ2v) is 5.31. The van der Waals surface area contributed by atoms with Gasteiger partial charge in [0.05, 0.1) is 0 Å². The number of rotatable bonds is 1. The van der Waals surface area contributed by atoms with Crippen molar-refractivity contribution in [2.24, 2.45) is 11.7 Å². The van der Waals surface area contributed by atoms with Crippen molar-refractivity contribution in [1.82, 2.24) is 4.98 Å². The molecule has 2 aliphatic carbocycles. The van der Waals surface area contributed by atoms with E-state index in [-0.39, 0.29) is 0 Å². The van der Waals surface area contributed by atoms with E-state index in [1.807, 2.05) is 6.20 Å². The number of aryl methyl sites for hydroxylation is 1. The average molecular weight is 216 g/mol. The van der Waals surface area contributed by atoms with E-state index in [1.165, 1.54) is 49.8 Å². The topological polar surface area (TPSA) is 38.9 Å². The predicted octanol–water partition coefficient (Wildman–Crippen LogP) is 2.63. The summed E-state index contributed by atoms with van der Waals surface area (Å²) in [7, 11) is 0. The van der Waals surface area contributed by atoms with Crippen LogP contribution in [0.4, 0.5) is 0 Å². The number of nitrogens with two attached hydrogens (primary N) is 1. The summed E-state index contributed by atoms with van der Waals surface area (Å²) in [6.07, 6.45) is 9.61. The van der Waals surface area contributed by atoms with Crippen LogP contribution in [0.15, 0.2) is 18.3 Å². The van der Waals surface area contributed by atoms with Gasteiger partial charge >= 0.3 is 0 Å². The van der Waals surface area contributed by atoms with E-state index in [9.17, 15) is 0 Å². The average Bonchev–Trinajstić information content (AvgIpc) is 2.74. The van der Waals surface area contributed by atoms with Gasteiger partial charge in [-0.1, -0.05) is 18.9 Å². The summed E-state index contributed by atoms with van der Waals surface area (Å²) in [5.41, 5.74) is 9.10. The lowest BCUT2D eigenvalue weighted by Gasteiger charge is -2.33. The Hall–Kier alpha value is -0.890. The maximum Gasteiger partial charge on any atom is 0.0469 e. The van der Waals surface area contributed by atoms with E-state index in [0.29, 0.717) is 17.9 Å². The molecule has 0 saturated heterocycles. The summed E-state index contributed by atoms with van der Waals surface area (Å²) >= 11 is 0. The van der Waals surface area contributed by atoms with Crippen LogP contribution >= 0.6 is 0 Å². The third-order valence-corrected chi connectivity index (χ3v) is 4.39. The van der Waals surface area contributed by atoms with E-state index in [1.54, 1.807) is 0 Å². The van der Waals surface area contributed by atoms with Gasteiger partial charge < -0.3 is 5.73 Å². The van der Waals surface area contributed by atoms with Gasteiger partial charge in [0.2, 0.25) is 0 Å². The lowest BCUT2D eigenvalue weighted by Crippen LogP contribution is -2.36. The number of hydrogen-bond donors (Lipinski definition) is 1. The van der Waals surface area contributed by atoms with Crippen LogP contribution in [-0.2, 0) is 6.42 Å². The highest BCUT2D eigenvalue weighted by Crippen LogP contribution is 2.42. The van der Waals surface area contributed by atoms with Crippen molar-refractivity contribution in [3.8, 4) is 0 Å². The van der Waals surface area contributed by atoms with Gasteiger partial charge in [0.25, 0.3) is 0 Å². The van der Waals surface area contributed by atoms with Gasteiger partial charge in [-0.05, 0) is 43.2 Å². The molecule has 1 fully saturated rings. The van der Waals surface area contributed by atoms with Gasteiger partial charge in [-0.25, -0.2) is 0 Å². The molecular formula is C14H20N2. The maximum absolute atomic E-state index is 6.29. The Balaban J connectivity index is 1.86. The monoisotopic (exact) mass is 216 g/mol. The van der Waals surface area contributed by atoms with E-state index < -0.39 is 0 Å². The van der Waals surface area contributed by atoms with Crippen molar-refractivity contribution >= 4 is 0 Å². The molecule has 1 aromatic heterocycles. The van der Waals surface area contributed by atoms with Crippen LogP contribution in [0.25, 0.3) is 0 Å². The van der Waals surface area contributed by atoms with Gasteiger partial charge in [-0.3, -0.25) is 4.98 Å². The molecule has 0 amide bonds. The molecule has 2 nitrogen and oxygen atoms in total. The number of fused-ring (bicyclic) bond motifs is 1. The van der Waals surface area contributed by atoms with E-state index in [4.69, 9.17) is 5.73 Å². The third-order valence-electron chi connectivity index (χ3n) is 4.39. The van der Waals surface area contributed by atoms with Crippen LogP contribution in [0, 0.1) is 5.92 Å². The fourth-order valence-electron chi connectivity index (χ4n) is 3.55. The van der Waals surface area contributed by atoms with Crippen molar-refractivity contribution in [1.29, 1.82) is 0 Å². The Morgan fingerprint density at radius 2 is 2.06 bits per heavy atom. The first kappa shape index (κ1) is 10.3. The number of aromatic nitrogens is 1. The smallest absolute Gasteiger partial charge is 0.0469 e. The van der Waals surface area contributed by atoms with Crippen molar-refractivity contribution in [2.75, 3.05) is 0 Å². The van der Waals surface area contributed by atoms with Gasteiger partial charge in [0, 0.05) is 23.9 Å². The SMILES string of the molecule is NC1CCCCC1C1CCc2cccnc21. The molecule has 0 spiro atoms. The Bertz CT molecular complexity index is 375. The highest BCUT2D eigenvalue weighted by molar-refractivity contribution is 5.29. The van der Waals surface area contributed by atoms with Crippen molar-refractivity contribution < 1.29 is 0 Å². The Morgan fingerprint density at radius 3 is 2.94 bits per heavy atom. The summed E-state index contributed by atoms with van der Waals surface area (Å²) in [5.74, 6) is 1.33. The summed E-state index contributed by atoms with van der Waals surface area (Å²) in [6, 6.07) is 4.70. The second-order valence-electron chi connectivity index (χ2n) is 5.31. The number of pyridine rings is 1. The molecular weight excluding hydrogens is 196 g/mol. The van der Waals surface area contributed by atoms with Crippen molar-refractivity contribution in [3.05, 3.63) is 29.6 Å². The molecule has 3 unspecified atom stereocenters. The van der Waals surface area contributed by atoms with E-state index in [2.05, 4.69) is 17.1 Å². The quantitative estimate of drug-likeness (QED) is 0.783. The molecule has 86 valence electrons. The summed E-state index contributed by atoms with van der Waals surface area (Å²) in [5, 5.41) is 0. The van der Waals surface area contributed by atoms with Gasteiger partial charge in [0.15, 0.2) is 0 Å². The van der Waals surface area contributed by atoms with Gasteiger partial charge in [-0.2, -0.15) is 0 Å². The molecule has 0 bridgehead atoms. The van der Waals surface area contributed by atoms with Crippen LogP contribution in [0.3, 0.4) is 0 Å². The van der Waals surface area contributed by atoms with Crippen molar-refractivity contribution in [3.63, 3.8) is 0 Å². The first-order chi connectivity index (χ1) is 7.86. The molecule has 2 N–H and O–H groups in total.